The number of aliphatic hydroxyl groups is 1. The molecule has 0 radical (unpaired) electrons. The summed E-state index contributed by atoms with van der Waals surface area (Å²) in [6, 6.07) is 17.0. The van der Waals surface area contributed by atoms with Crippen molar-refractivity contribution in [1.29, 1.82) is 0 Å². The van der Waals surface area contributed by atoms with Crippen molar-refractivity contribution >= 4 is 5.91 Å². The van der Waals surface area contributed by atoms with E-state index in [0.717, 1.165) is 17.0 Å². The molecule has 26 heavy (non-hydrogen) atoms. The molecule has 2 aromatic carbocycles. The van der Waals surface area contributed by atoms with Crippen LogP contribution in [0.3, 0.4) is 0 Å². The zero-order valence-corrected chi connectivity index (χ0v) is 14.4. The fourth-order valence-electron chi connectivity index (χ4n) is 2.46. The van der Waals surface area contributed by atoms with E-state index in [1.165, 1.54) is 0 Å². The van der Waals surface area contributed by atoms with Gasteiger partial charge in [-0.15, -0.1) is 5.10 Å². The second-order valence-corrected chi connectivity index (χ2v) is 5.44. The summed E-state index contributed by atoms with van der Waals surface area (Å²) in [7, 11) is 0. The number of benzene rings is 2. The van der Waals surface area contributed by atoms with Gasteiger partial charge in [-0.05, 0) is 31.2 Å². The average Bonchev–Trinajstić information content (AvgIpc) is 3.13. The Morgan fingerprint density at radius 3 is 2.54 bits per heavy atom. The van der Waals surface area contributed by atoms with Gasteiger partial charge >= 0.3 is 0 Å². The first-order valence-electron chi connectivity index (χ1n) is 8.37. The Kier molecular flexibility index (Phi) is 5.60. The Hall–Kier alpha value is -3.19. The lowest BCUT2D eigenvalue weighted by Gasteiger charge is -2.07. The van der Waals surface area contributed by atoms with Crippen LogP contribution in [0.5, 0.6) is 5.75 Å². The Bertz CT molecular complexity index is 860. The van der Waals surface area contributed by atoms with Crippen molar-refractivity contribution in [2.24, 2.45) is 0 Å². The highest BCUT2D eigenvalue weighted by Crippen LogP contribution is 2.22. The minimum atomic E-state index is -0.430. The topological polar surface area (TPSA) is 89.3 Å². The third-order valence-electron chi connectivity index (χ3n) is 3.63. The molecule has 0 fully saturated rings. The summed E-state index contributed by atoms with van der Waals surface area (Å²) in [4.78, 5) is 16.6. The van der Waals surface area contributed by atoms with E-state index in [1.807, 2.05) is 61.5 Å². The molecular formula is C19H20N4O3. The minimum Gasteiger partial charge on any atom is -0.494 e. The molecule has 3 aromatic rings. The molecule has 0 aliphatic rings. The maximum Gasteiger partial charge on any atom is 0.291 e. The van der Waals surface area contributed by atoms with Crippen LogP contribution >= 0.6 is 0 Å². The van der Waals surface area contributed by atoms with Crippen molar-refractivity contribution < 1.29 is 14.6 Å². The highest BCUT2D eigenvalue weighted by Gasteiger charge is 2.18. The lowest BCUT2D eigenvalue weighted by Crippen LogP contribution is -2.27. The van der Waals surface area contributed by atoms with Crippen molar-refractivity contribution in [3.63, 3.8) is 0 Å². The average molecular weight is 352 g/mol. The predicted molar refractivity (Wildman–Crippen MR) is 97.4 cm³/mol. The highest BCUT2D eigenvalue weighted by molar-refractivity contribution is 5.91. The Balaban J connectivity index is 2.01. The van der Waals surface area contributed by atoms with Crippen molar-refractivity contribution in [1.82, 2.24) is 20.1 Å². The minimum absolute atomic E-state index is 0.0474. The number of carbonyl (C=O) groups excluding carboxylic acids is 1. The summed E-state index contributed by atoms with van der Waals surface area (Å²) in [6.45, 7) is 2.53. The quantitative estimate of drug-likeness (QED) is 0.679. The molecule has 0 atom stereocenters. The van der Waals surface area contributed by atoms with Gasteiger partial charge in [0.2, 0.25) is 5.82 Å². The van der Waals surface area contributed by atoms with Crippen LogP contribution in [0.25, 0.3) is 17.1 Å². The molecule has 0 aliphatic carbocycles. The number of ether oxygens (including phenoxy) is 1. The molecule has 0 spiro atoms. The number of aliphatic hydroxyl groups excluding tert-OH is 1. The molecule has 2 N–H and O–H groups in total. The number of carbonyl (C=O) groups is 1. The molecule has 1 amide bonds. The van der Waals surface area contributed by atoms with Crippen LogP contribution in [0.15, 0.2) is 54.6 Å². The number of amides is 1. The molecule has 0 aliphatic heterocycles. The van der Waals surface area contributed by atoms with E-state index in [2.05, 4.69) is 15.4 Å². The van der Waals surface area contributed by atoms with Gasteiger partial charge < -0.3 is 15.2 Å². The van der Waals surface area contributed by atoms with Gasteiger partial charge in [0.05, 0.1) is 18.9 Å². The van der Waals surface area contributed by atoms with Gasteiger partial charge in [0.15, 0.2) is 5.82 Å². The van der Waals surface area contributed by atoms with Crippen molar-refractivity contribution in [2.75, 3.05) is 19.8 Å². The zero-order chi connectivity index (χ0) is 18.4. The molecule has 0 saturated carbocycles. The van der Waals surface area contributed by atoms with Gasteiger partial charge in [-0.25, -0.2) is 9.67 Å². The smallest absolute Gasteiger partial charge is 0.291 e. The van der Waals surface area contributed by atoms with Crippen LogP contribution in [-0.2, 0) is 0 Å². The van der Waals surface area contributed by atoms with Crippen molar-refractivity contribution in [3.05, 3.63) is 60.4 Å². The fraction of sp³-hybridized carbons (Fsp3) is 0.211. The molecule has 0 bridgehead atoms. The van der Waals surface area contributed by atoms with Crippen LogP contribution in [0.2, 0.25) is 0 Å². The molecule has 0 unspecified atom stereocenters. The lowest BCUT2D eigenvalue weighted by molar-refractivity contribution is 0.0934. The van der Waals surface area contributed by atoms with Crippen LogP contribution < -0.4 is 10.1 Å². The second kappa shape index (κ2) is 8.26. The first-order chi connectivity index (χ1) is 12.7. The molecule has 0 saturated heterocycles. The fourth-order valence-corrected chi connectivity index (χ4v) is 2.46. The Morgan fingerprint density at radius 2 is 1.88 bits per heavy atom. The first kappa shape index (κ1) is 17.6. The van der Waals surface area contributed by atoms with Crippen LogP contribution in [-0.4, -0.2) is 45.5 Å². The molecular weight excluding hydrogens is 332 g/mol. The Morgan fingerprint density at radius 1 is 1.15 bits per heavy atom. The van der Waals surface area contributed by atoms with Gasteiger partial charge in [-0.3, -0.25) is 4.79 Å². The SMILES string of the molecule is CCOc1ccc(-n2nc(C(=O)NCCO)nc2-c2ccccc2)cc1. The summed E-state index contributed by atoms with van der Waals surface area (Å²) >= 11 is 0. The van der Waals surface area contributed by atoms with E-state index in [-0.39, 0.29) is 19.0 Å². The number of rotatable bonds is 7. The van der Waals surface area contributed by atoms with E-state index in [9.17, 15) is 4.79 Å². The monoisotopic (exact) mass is 352 g/mol. The largest absolute Gasteiger partial charge is 0.494 e. The van der Waals surface area contributed by atoms with E-state index in [1.54, 1.807) is 4.68 Å². The van der Waals surface area contributed by atoms with Gasteiger partial charge in [-0.1, -0.05) is 30.3 Å². The number of nitrogens with one attached hydrogen (secondary N) is 1. The maximum atomic E-state index is 12.2. The van der Waals surface area contributed by atoms with E-state index in [0.29, 0.717) is 12.4 Å². The van der Waals surface area contributed by atoms with Crippen molar-refractivity contribution in [3.8, 4) is 22.8 Å². The third kappa shape index (κ3) is 3.89. The van der Waals surface area contributed by atoms with Crippen LogP contribution in [0.1, 0.15) is 17.5 Å². The van der Waals surface area contributed by atoms with E-state index >= 15 is 0 Å². The number of nitrogens with zero attached hydrogens (tertiary/aromatic N) is 3. The predicted octanol–water partition coefficient (Wildman–Crippen LogP) is 2.06. The molecule has 134 valence electrons. The van der Waals surface area contributed by atoms with Gasteiger partial charge in [0.25, 0.3) is 5.91 Å². The summed E-state index contributed by atoms with van der Waals surface area (Å²) in [5, 5.41) is 15.8. The summed E-state index contributed by atoms with van der Waals surface area (Å²) in [5.41, 5.74) is 1.61. The van der Waals surface area contributed by atoms with Crippen LogP contribution in [0.4, 0.5) is 0 Å². The lowest BCUT2D eigenvalue weighted by atomic mass is 10.2. The molecule has 1 heterocycles. The summed E-state index contributed by atoms with van der Waals surface area (Å²) in [5.74, 6) is 0.939. The molecule has 7 heteroatoms. The maximum absolute atomic E-state index is 12.2. The zero-order valence-electron chi connectivity index (χ0n) is 14.4. The number of aromatic nitrogens is 3. The third-order valence-corrected chi connectivity index (χ3v) is 3.63. The molecule has 1 aromatic heterocycles. The first-order valence-corrected chi connectivity index (χ1v) is 8.37. The van der Waals surface area contributed by atoms with Gasteiger partial charge in [0, 0.05) is 12.1 Å². The standard InChI is InChI=1S/C19H20N4O3/c1-2-26-16-10-8-15(9-11-16)23-18(14-6-4-3-5-7-14)21-17(22-23)19(25)20-12-13-24/h3-11,24H,2,12-13H2,1H3,(H,20,25). The molecule has 7 nitrogen and oxygen atoms in total. The normalized spacial score (nSPS) is 10.5. The highest BCUT2D eigenvalue weighted by atomic mass is 16.5. The van der Waals surface area contributed by atoms with E-state index < -0.39 is 5.91 Å². The number of hydrogen-bond donors (Lipinski definition) is 2. The molecule has 3 rings (SSSR count). The second-order valence-electron chi connectivity index (χ2n) is 5.44. The van der Waals surface area contributed by atoms with Gasteiger partial charge in [-0.2, -0.15) is 0 Å². The van der Waals surface area contributed by atoms with Crippen molar-refractivity contribution in [2.45, 2.75) is 6.92 Å². The Labute approximate surface area is 151 Å². The summed E-state index contributed by atoms with van der Waals surface area (Å²) < 4.78 is 7.09. The van der Waals surface area contributed by atoms with Crippen LogP contribution in [0, 0.1) is 0 Å². The summed E-state index contributed by atoms with van der Waals surface area (Å²) in [6.07, 6.45) is 0. The number of hydrogen-bond acceptors (Lipinski definition) is 5. The van der Waals surface area contributed by atoms with Gasteiger partial charge in [0.1, 0.15) is 5.75 Å². The van der Waals surface area contributed by atoms with E-state index in [4.69, 9.17) is 9.84 Å².